The third-order valence-electron chi connectivity index (χ3n) is 2.46. The Kier molecular flexibility index (Phi) is 6.28. The number of likely N-dealkylation sites (tertiary alicyclic amines) is 1. The molecule has 1 fully saturated rings. The summed E-state index contributed by atoms with van der Waals surface area (Å²) in [5.74, 6) is 0.251. The van der Waals surface area contributed by atoms with E-state index >= 15 is 0 Å². The van der Waals surface area contributed by atoms with E-state index in [1.54, 1.807) is 5.37 Å². The van der Waals surface area contributed by atoms with E-state index in [4.69, 9.17) is 12.2 Å². The largest absolute Gasteiger partial charge is 0.335 e. The van der Waals surface area contributed by atoms with E-state index in [2.05, 4.69) is 33.6 Å². The van der Waals surface area contributed by atoms with Gasteiger partial charge in [-0.2, -0.15) is 0 Å². The fraction of sp³-hybridized carbons (Fsp3) is 0.692. The zero-order valence-corrected chi connectivity index (χ0v) is 11.2. The van der Waals surface area contributed by atoms with Crippen LogP contribution < -0.4 is 0 Å². The van der Waals surface area contributed by atoms with Gasteiger partial charge in [-0.25, -0.2) is 0 Å². The summed E-state index contributed by atoms with van der Waals surface area (Å²) >= 11 is 4.93. The number of thiocarbonyl (C=S) groups is 1. The number of carbonyl (C=O) groups is 1. The van der Waals surface area contributed by atoms with Crippen molar-refractivity contribution in [1.82, 2.24) is 4.90 Å². The van der Waals surface area contributed by atoms with Crippen molar-refractivity contribution in [2.45, 2.75) is 46.1 Å². The van der Waals surface area contributed by atoms with Crippen LogP contribution in [0.2, 0.25) is 0 Å². The van der Waals surface area contributed by atoms with E-state index in [1.165, 1.54) is 0 Å². The molecule has 0 aliphatic carbocycles. The molecule has 0 N–H and O–H groups in total. The first-order valence-corrected chi connectivity index (χ1v) is 5.99. The summed E-state index contributed by atoms with van der Waals surface area (Å²) in [4.78, 5) is 13.8. The highest BCUT2D eigenvalue weighted by atomic mass is 32.1. The first-order chi connectivity index (χ1) is 7.44. The molecule has 1 amide bonds. The quantitative estimate of drug-likeness (QED) is 0.545. The summed E-state index contributed by atoms with van der Waals surface area (Å²) in [7, 11) is 0. The lowest BCUT2D eigenvalue weighted by atomic mass is 9.91. The van der Waals surface area contributed by atoms with Crippen LogP contribution in [0.3, 0.4) is 0 Å². The minimum atomic E-state index is 0.0751. The van der Waals surface area contributed by atoms with Gasteiger partial charge in [-0.3, -0.25) is 4.79 Å². The van der Waals surface area contributed by atoms with Gasteiger partial charge in [0.15, 0.2) is 0 Å². The highest BCUT2D eigenvalue weighted by molar-refractivity contribution is 7.79. The van der Waals surface area contributed by atoms with E-state index in [-0.39, 0.29) is 17.4 Å². The van der Waals surface area contributed by atoms with E-state index < -0.39 is 0 Å². The van der Waals surface area contributed by atoms with Crippen LogP contribution in [0, 0.1) is 18.3 Å². The first-order valence-electron chi connectivity index (χ1n) is 5.52. The molecule has 0 radical (unpaired) electrons. The molecule has 1 rings (SSSR count). The van der Waals surface area contributed by atoms with Gasteiger partial charge in [0, 0.05) is 18.3 Å². The molecular weight excluding hydrogens is 218 g/mol. The zero-order valence-electron chi connectivity index (χ0n) is 10.4. The molecule has 0 bridgehead atoms. The third-order valence-corrected chi connectivity index (χ3v) is 2.77. The second kappa shape index (κ2) is 6.65. The van der Waals surface area contributed by atoms with Crippen molar-refractivity contribution in [3.63, 3.8) is 0 Å². The second-order valence-corrected chi connectivity index (χ2v) is 5.44. The second-order valence-electron chi connectivity index (χ2n) is 5.17. The smallest absolute Gasteiger partial charge is 0.223 e. The van der Waals surface area contributed by atoms with E-state index in [0.717, 1.165) is 19.4 Å². The molecule has 1 heterocycles. The molecule has 0 aromatic heterocycles. The number of hydrogen-bond acceptors (Lipinski definition) is 2. The summed E-state index contributed by atoms with van der Waals surface area (Å²) in [6, 6.07) is 0.208. The molecule has 0 saturated carbocycles. The Balaban J connectivity index is 0.00000106. The number of carbonyl (C=O) groups excluding carboxylic acids is 1. The van der Waals surface area contributed by atoms with Gasteiger partial charge in [-0.1, -0.05) is 33.0 Å². The molecule has 0 unspecified atom stereocenters. The van der Waals surface area contributed by atoms with Crippen LogP contribution >= 0.6 is 12.2 Å². The third kappa shape index (κ3) is 4.76. The summed E-state index contributed by atoms with van der Waals surface area (Å²) in [5.41, 5.74) is 0.0751. The topological polar surface area (TPSA) is 20.3 Å². The van der Waals surface area contributed by atoms with Crippen LogP contribution in [-0.4, -0.2) is 28.8 Å². The minimum absolute atomic E-state index is 0.0751. The van der Waals surface area contributed by atoms with Crippen molar-refractivity contribution in [2.75, 3.05) is 6.54 Å². The summed E-state index contributed by atoms with van der Waals surface area (Å²) < 4.78 is 0. The molecule has 0 aromatic carbocycles. The fourth-order valence-corrected chi connectivity index (χ4v) is 2.08. The molecule has 0 aromatic rings. The highest BCUT2D eigenvalue weighted by Gasteiger charge is 2.29. The molecule has 90 valence electrons. The SMILES string of the molecule is C#C.CC(C)(C)CC(=O)N1CCC[C@H]1C=S. The summed E-state index contributed by atoms with van der Waals surface area (Å²) in [6.45, 7) is 7.15. The highest BCUT2D eigenvalue weighted by Crippen LogP contribution is 2.23. The lowest BCUT2D eigenvalue weighted by molar-refractivity contribution is -0.132. The molecule has 1 saturated heterocycles. The minimum Gasteiger partial charge on any atom is -0.335 e. The van der Waals surface area contributed by atoms with Crippen molar-refractivity contribution in [3.8, 4) is 12.8 Å². The Morgan fingerprint density at radius 3 is 2.50 bits per heavy atom. The van der Waals surface area contributed by atoms with Gasteiger partial charge in [0.1, 0.15) is 0 Å². The number of terminal acetylenes is 1. The van der Waals surface area contributed by atoms with Crippen LogP contribution in [0.25, 0.3) is 0 Å². The Morgan fingerprint density at radius 1 is 1.50 bits per heavy atom. The summed E-state index contributed by atoms with van der Waals surface area (Å²) in [6.07, 6.45) is 10.7. The maximum atomic E-state index is 11.9. The normalized spacial score (nSPS) is 19.8. The number of hydrogen-bond donors (Lipinski definition) is 0. The number of nitrogens with zero attached hydrogens (tertiary/aromatic N) is 1. The average Bonchev–Trinajstić information content (AvgIpc) is 2.66. The lowest BCUT2D eigenvalue weighted by Gasteiger charge is -2.26. The standard InChI is InChI=1S/C11H19NOS.C2H2/c1-11(2,3)7-10(13)12-6-4-5-9(12)8-14;1-2/h8-9H,4-7H2,1-3H3;1-2H/t9-;/m0./s1. The molecule has 3 heteroatoms. The maximum absolute atomic E-state index is 11.9. The van der Waals surface area contributed by atoms with Crippen molar-refractivity contribution in [1.29, 1.82) is 0 Å². The number of rotatable bonds is 2. The van der Waals surface area contributed by atoms with Crippen LogP contribution in [0.5, 0.6) is 0 Å². The Bertz CT molecular complexity index is 265. The van der Waals surface area contributed by atoms with Gasteiger partial charge in [-0.05, 0) is 18.3 Å². The van der Waals surface area contributed by atoms with E-state index in [0.29, 0.717) is 6.42 Å². The van der Waals surface area contributed by atoms with Crippen molar-refractivity contribution in [2.24, 2.45) is 5.41 Å². The van der Waals surface area contributed by atoms with Gasteiger partial charge in [0.05, 0.1) is 6.04 Å². The van der Waals surface area contributed by atoms with Crippen LogP contribution in [0.15, 0.2) is 0 Å². The van der Waals surface area contributed by atoms with Gasteiger partial charge in [0.2, 0.25) is 5.91 Å². The van der Waals surface area contributed by atoms with Crippen LogP contribution in [0.4, 0.5) is 0 Å². The first kappa shape index (κ1) is 15.1. The predicted molar refractivity (Wildman–Crippen MR) is 72.4 cm³/mol. The molecule has 1 atom stereocenters. The van der Waals surface area contributed by atoms with Crippen molar-refractivity contribution >= 4 is 23.5 Å². The average molecular weight is 239 g/mol. The number of amides is 1. The molecule has 2 nitrogen and oxygen atoms in total. The predicted octanol–water partition coefficient (Wildman–Crippen LogP) is 2.66. The molecular formula is C13H21NOS. The van der Waals surface area contributed by atoms with E-state index in [1.807, 2.05) is 4.90 Å². The molecule has 0 spiro atoms. The van der Waals surface area contributed by atoms with Gasteiger partial charge in [0.25, 0.3) is 0 Å². The van der Waals surface area contributed by atoms with Crippen LogP contribution in [0.1, 0.15) is 40.0 Å². The van der Waals surface area contributed by atoms with Crippen molar-refractivity contribution < 1.29 is 4.79 Å². The van der Waals surface area contributed by atoms with E-state index in [9.17, 15) is 4.79 Å². The maximum Gasteiger partial charge on any atom is 0.223 e. The fourth-order valence-electron chi connectivity index (χ4n) is 1.80. The molecule has 1 aliphatic rings. The summed E-state index contributed by atoms with van der Waals surface area (Å²) in [5, 5.41) is 1.73. The molecule has 16 heavy (non-hydrogen) atoms. The Hall–Kier alpha value is -0.880. The van der Waals surface area contributed by atoms with Crippen LogP contribution in [-0.2, 0) is 4.79 Å². The van der Waals surface area contributed by atoms with Crippen molar-refractivity contribution in [3.05, 3.63) is 0 Å². The Morgan fingerprint density at radius 2 is 2.06 bits per heavy atom. The monoisotopic (exact) mass is 239 g/mol. The lowest BCUT2D eigenvalue weighted by Crippen LogP contribution is -2.37. The zero-order chi connectivity index (χ0) is 12.8. The Labute approximate surface area is 104 Å². The van der Waals surface area contributed by atoms with Gasteiger partial charge < -0.3 is 4.90 Å². The van der Waals surface area contributed by atoms with Gasteiger partial charge >= 0.3 is 0 Å². The van der Waals surface area contributed by atoms with Gasteiger partial charge in [-0.15, -0.1) is 12.8 Å². The molecule has 1 aliphatic heterocycles.